The molecular formula is C16H16N4O2S. The van der Waals surface area contributed by atoms with Crippen molar-refractivity contribution >= 4 is 11.8 Å². The zero-order chi connectivity index (χ0) is 16.4. The first kappa shape index (κ1) is 15.5. The van der Waals surface area contributed by atoms with Crippen molar-refractivity contribution in [2.24, 2.45) is 0 Å². The zero-order valence-corrected chi connectivity index (χ0v) is 13.9. The van der Waals surface area contributed by atoms with E-state index in [0.717, 1.165) is 5.56 Å². The molecule has 0 unspecified atom stereocenters. The van der Waals surface area contributed by atoms with Crippen LogP contribution < -0.4 is 5.56 Å². The van der Waals surface area contributed by atoms with Crippen LogP contribution >= 0.6 is 11.8 Å². The Kier molecular flexibility index (Phi) is 4.29. The van der Waals surface area contributed by atoms with Gasteiger partial charge in [0.25, 0.3) is 5.56 Å². The van der Waals surface area contributed by atoms with Crippen molar-refractivity contribution in [2.75, 3.05) is 0 Å². The minimum atomic E-state index is -0.165. The van der Waals surface area contributed by atoms with Crippen LogP contribution in [0.3, 0.4) is 0 Å². The van der Waals surface area contributed by atoms with Crippen molar-refractivity contribution in [3.8, 4) is 11.4 Å². The molecule has 0 saturated heterocycles. The predicted octanol–water partition coefficient (Wildman–Crippen LogP) is 3.04. The molecule has 0 saturated carbocycles. The number of benzene rings is 1. The number of hydrogen-bond donors (Lipinski definition) is 1. The fraction of sp³-hybridized carbons (Fsp3) is 0.250. The van der Waals surface area contributed by atoms with E-state index in [1.54, 1.807) is 6.92 Å². The van der Waals surface area contributed by atoms with Crippen LogP contribution in [0, 0.1) is 20.8 Å². The van der Waals surface area contributed by atoms with Crippen molar-refractivity contribution < 1.29 is 4.52 Å². The summed E-state index contributed by atoms with van der Waals surface area (Å²) < 4.78 is 5.27. The number of aromatic nitrogens is 4. The molecule has 2 aromatic heterocycles. The van der Waals surface area contributed by atoms with Gasteiger partial charge in [0.05, 0.1) is 5.75 Å². The second-order valence-corrected chi connectivity index (χ2v) is 6.26. The van der Waals surface area contributed by atoms with Crippen LogP contribution in [0.4, 0.5) is 0 Å². The fourth-order valence-corrected chi connectivity index (χ4v) is 2.82. The van der Waals surface area contributed by atoms with Gasteiger partial charge in [0.1, 0.15) is 0 Å². The summed E-state index contributed by atoms with van der Waals surface area (Å²) in [4.78, 5) is 22.7. The van der Waals surface area contributed by atoms with Gasteiger partial charge in [-0.25, -0.2) is 4.98 Å². The summed E-state index contributed by atoms with van der Waals surface area (Å²) in [6.45, 7) is 5.90. The number of thioether (sulfide) groups is 1. The van der Waals surface area contributed by atoms with Gasteiger partial charge in [-0.3, -0.25) is 4.79 Å². The number of H-pyrrole nitrogens is 1. The number of rotatable bonds is 4. The summed E-state index contributed by atoms with van der Waals surface area (Å²) >= 11 is 1.35. The third-order valence-electron chi connectivity index (χ3n) is 3.41. The van der Waals surface area contributed by atoms with E-state index in [-0.39, 0.29) is 5.56 Å². The van der Waals surface area contributed by atoms with Crippen molar-refractivity contribution in [3.63, 3.8) is 0 Å². The van der Waals surface area contributed by atoms with Gasteiger partial charge in [-0.1, -0.05) is 29.1 Å². The van der Waals surface area contributed by atoms with E-state index < -0.39 is 0 Å². The highest BCUT2D eigenvalue weighted by molar-refractivity contribution is 7.98. The van der Waals surface area contributed by atoms with E-state index in [1.165, 1.54) is 29.0 Å². The van der Waals surface area contributed by atoms with Gasteiger partial charge in [0, 0.05) is 17.3 Å². The summed E-state index contributed by atoms with van der Waals surface area (Å²) in [5.41, 5.74) is 3.85. The van der Waals surface area contributed by atoms with Crippen molar-refractivity contribution in [1.82, 2.24) is 20.1 Å². The molecule has 3 rings (SSSR count). The van der Waals surface area contributed by atoms with E-state index in [0.29, 0.717) is 28.3 Å². The zero-order valence-electron chi connectivity index (χ0n) is 13.1. The lowest BCUT2D eigenvalue weighted by atomic mass is 10.1. The monoisotopic (exact) mass is 328 g/mol. The summed E-state index contributed by atoms with van der Waals surface area (Å²) in [5, 5.41) is 4.56. The lowest BCUT2D eigenvalue weighted by Gasteiger charge is -2.00. The van der Waals surface area contributed by atoms with Crippen molar-refractivity contribution in [2.45, 2.75) is 31.7 Å². The number of aryl methyl sites for hydroxylation is 3. The quantitative estimate of drug-likeness (QED) is 0.585. The Bertz CT molecular complexity index is 901. The lowest BCUT2D eigenvalue weighted by molar-refractivity contribution is 0.391. The molecule has 0 amide bonds. The molecule has 1 N–H and O–H groups in total. The average Bonchev–Trinajstić information content (AvgIpc) is 2.96. The van der Waals surface area contributed by atoms with Gasteiger partial charge in [-0.15, -0.1) is 0 Å². The molecule has 0 spiro atoms. The Morgan fingerprint density at radius 2 is 1.96 bits per heavy atom. The molecule has 0 aliphatic heterocycles. The van der Waals surface area contributed by atoms with Gasteiger partial charge in [0.15, 0.2) is 5.16 Å². The van der Waals surface area contributed by atoms with Crippen LogP contribution in [0.5, 0.6) is 0 Å². The standard InChI is InChI=1S/C16H16N4O2S/c1-9-4-5-12(6-10(9)2)15-19-14(22-20-15)8-23-16-17-11(3)7-13(21)18-16/h4-7H,8H2,1-3H3,(H,17,18,21). The molecular weight excluding hydrogens is 312 g/mol. The maximum absolute atomic E-state index is 11.4. The second-order valence-electron chi connectivity index (χ2n) is 5.29. The molecule has 0 fully saturated rings. The topological polar surface area (TPSA) is 84.7 Å². The molecule has 7 heteroatoms. The van der Waals surface area contributed by atoms with E-state index in [1.807, 2.05) is 18.2 Å². The summed E-state index contributed by atoms with van der Waals surface area (Å²) in [7, 11) is 0. The first-order valence-corrected chi connectivity index (χ1v) is 8.11. The first-order valence-electron chi connectivity index (χ1n) is 7.12. The van der Waals surface area contributed by atoms with Crippen LogP contribution in [0.15, 0.2) is 38.7 Å². The van der Waals surface area contributed by atoms with Crippen molar-refractivity contribution in [3.05, 3.63) is 57.3 Å². The highest BCUT2D eigenvalue weighted by Gasteiger charge is 2.10. The van der Waals surface area contributed by atoms with Crippen LogP contribution in [0.2, 0.25) is 0 Å². The smallest absolute Gasteiger partial charge is 0.251 e. The maximum atomic E-state index is 11.4. The van der Waals surface area contributed by atoms with Gasteiger partial charge < -0.3 is 9.51 Å². The molecule has 0 aliphatic rings. The van der Waals surface area contributed by atoms with E-state index in [4.69, 9.17) is 4.52 Å². The Morgan fingerprint density at radius 1 is 1.13 bits per heavy atom. The van der Waals surface area contributed by atoms with E-state index >= 15 is 0 Å². The van der Waals surface area contributed by atoms with E-state index in [2.05, 4.69) is 34.0 Å². The number of aromatic amines is 1. The Morgan fingerprint density at radius 3 is 2.70 bits per heavy atom. The Hall–Kier alpha value is -2.41. The minimum Gasteiger partial charge on any atom is -0.338 e. The number of hydrogen-bond acceptors (Lipinski definition) is 6. The third-order valence-corrected chi connectivity index (χ3v) is 4.27. The molecule has 0 atom stereocenters. The summed E-state index contributed by atoms with van der Waals surface area (Å²) in [6.07, 6.45) is 0. The molecule has 23 heavy (non-hydrogen) atoms. The molecule has 0 aliphatic carbocycles. The predicted molar refractivity (Wildman–Crippen MR) is 88.4 cm³/mol. The normalized spacial score (nSPS) is 10.9. The molecule has 2 heterocycles. The number of nitrogens with zero attached hydrogens (tertiary/aromatic N) is 3. The first-order chi connectivity index (χ1) is 11.0. The largest absolute Gasteiger partial charge is 0.338 e. The van der Waals surface area contributed by atoms with E-state index in [9.17, 15) is 4.79 Å². The van der Waals surface area contributed by atoms with Crippen LogP contribution in [0.1, 0.15) is 22.7 Å². The third kappa shape index (κ3) is 3.68. The Balaban J connectivity index is 1.74. The minimum absolute atomic E-state index is 0.165. The average molecular weight is 328 g/mol. The highest BCUT2D eigenvalue weighted by atomic mass is 32.2. The van der Waals surface area contributed by atoms with Crippen LogP contribution in [-0.4, -0.2) is 20.1 Å². The molecule has 0 radical (unpaired) electrons. The highest BCUT2D eigenvalue weighted by Crippen LogP contribution is 2.22. The van der Waals surface area contributed by atoms with Crippen LogP contribution in [0.25, 0.3) is 11.4 Å². The van der Waals surface area contributed by atoms with Gasteiger partial charge >= 0.3 is 0 Å². The van der Waals surface area contributed by atoms with Gasteiger partial charge in [0.2, 0.25) is 11.7 Å². The van der Waals surface area contributed by atoms with Crippen LogP contribution in [-0.2, 0) is 5.75 Å². The second kappa shape index (κ2) is 6.37. The summed E-state index contributed by atoms with van der Waals surface area (Å²) in [5.74, 6) is 1.51. The molecule has 3 aromatic rings. The SMILES string of the molecule is Cc1cc(=O)[nH]c(SCc2nc(-c3ccc(C)c(C)c3)no2)n1. The molecule has 0 bridgehead atoms. The molecule has 1 aromatic carbocycles. The van der Waals surface area contributed by atoms with Gasteiger partial charge in [-0.2, -0.15) is 4.98 Å². The van der Waals surface area contributed by atoms with Crippen molar-refractivity contribution in [1.29, 1.82) is 0 Å². The molecule has 118 valence electrons. The molecule has 6 nitrogen and oxygen atoms in total. The fourth-order valence-electron chi connectivity index (χ4n) is 2.06. The Labute approximate surface area is 137 Å². The lowest BCUT2D eigenvalue weighted by Crippen LogP contribution is -2.08. The number of nitrogens with one attached hydrogen (secondary N) is 1. The summed E-state index contributed by atoms with van der Waals surface area (Å²) in [6, 6.07) is 7.51. The van der Waals surface area contributed by atoms with Gasteiger partial charge in [-0.05, 0) is 38.0 Å². The maximum Gasteiger partial charge on any atom is 0.251 e.